The van der Waals surface area contributed by atoms with E-state index in [0.29, 0.717) is 13.0 Å². The Balaban J connectivity index is 2.15. The lowest BCUT2D eigenvalue weighted by molar-refractivity contribution is -0.127. The number of ether oxygens (including phenoxy) is 1. The molecule has 144 valence electrons. The topological polar surface area (TPSA) is 55.4 Å². The lowest BCUT2D eigenvalue weighted by Crippen LogP contribution is -2.45. The van der Waals surface area contributed by atoms with Gasteiger partial charge in [-0.2, -0.15) is 25.3 Å². The van der Waals surface area contributed by atoms with Crippen molar-refractivity contribution in [2.45, 2.75) is 43.9 Å². The van der Waals surface area contributed by atoms with Crippen LogP contribution in [0.3, 0.4) is 0 Å². The fourth-order valence-corrected chi connectivity index (χ4v) is 4.45. The molecule has 0 aromatic heterocycles. The normalized spacial score (nSPS) is 25.6. The number of carbonyl (C=O) groups is 2. The fourth-order valence-electron chi connectivity index (χ4n) is 3.80. The molecule has 0 bridgehead atoms. The molecular weight excluding hydrogens is 366 g/mol. The van der Waals surface area contributed by atoms with E-state index in [1.54, 1.807) is 7.05 Å². The number of carbonyl (C=O) groups excluding carboxylic acids is 2. The van der Waals surface area contributed by atoms with Crippen molar-refractivity contribution in [3.8, 4) is 0 Å². The van der Waals surface area contributed by atoms with Gasteiger partial charge in [0.1, 0.15) is 11.2 Å². The lowest BCUT2D eigenvalue weighted by atomic mass is 9.80. The first kappa shape index (κ1) is 21.5. The lowest BCUT2D eigenvalue weighted by Gasteiger charge is -2.31. The number of hydrogen-bond donors (Lipinski definition) is 3. The van der Waals surface area contributed by atoms with Crippen molar-refractivity contribution in [2.24, 2.45) is 17.3 Å². The summed E-state index contributed by atoms with van der Waals surface area (Å²) in [5.41, 5.74) is 0.457. The zero-order chi connectivity index (χ0) is 19.5. The molecule has 1 aromatic carbocycles. The van der Waals surface area contributed by atoms with Crippen LogP contribution in [0.25, 0.3) is 0 Å². The number of nitrogens with one attached hydrogen (secondary N) is 1. The van der Waals surface area contributed by atoms with E-state index >= 15 is 0 Å². The number of ketones is 2. The van der Waals surface area contributed by atoms with Crippen molar-refractivity contribution in [2.75, 3.05) is 13.7 Å². The van der Waals surface area contributed by atoms with Crippen molar-refractivity contribution in [1.29, 1.82) is 0 Å². The predicted octanol–water partition coefficient (Wildman–Crippen LogP) is 3.17. The zero-order valence-electron chi connectivity index (χ0n) is 15.9. The first-order valence-corrected chi connectivity index (χ1v) is 9.91. The molecule has 1 aliphatic rings. The van der Waals surface area contributed by atoms with Crippen molar-refractivity contribution in [1.82, 2.24) is 5.32 Å². The summed E-state index contributed by atoms with van der Waals surface area (Å²) < 4.78 is 4.87. The Bertz CT molecular complexity index is 652. The van der Waals surface area contributed by atoms with Crippen LogP contribution in [-0.2, 0) is 20.9 Å². The molecule has 1 aromatic rings. The molecule has 4 atom stereocenters. The third-order valence-electron chi connectivity index (χ3n) is 5.63. The Kier molecular flexibility index (Phi) is 6.99. The van der Waals surface area contributed by atoms with E-state index in [1.165, 1.54) is 6.92 Å². The van der Waals surface area contributed by atoms with Gasteiger partial charge in [-0.1, -0.05) is 44.2 Å². The molecule has 0 spiro atoms. The van der Waals surface area contributed by atoms with Gasteiger partial charge in [-0.15, -0.1) is 0 Å². The van der Waals surface area contributed by atoms with Crippen LogP contribution < -0.4 is 5.32 Å². The maximum Gasteiger partial charge on any atom is 0.166 e. The summed E-state index contributed by atoms with van der Waals surface area (Å²) in [7, 11) is 1.71. The quantitative estimate of drug-likeness (QED) is 0.421. The summed E-state index contributed by atoms with van der Waals surface area (Å²) in [6.45, 7) is 6.17. The summed E-state index contributed by atoms with van der Waals surface area (Å²) in [5.74, 6) is -0.0782. The van der Waals surface area contributed by atoms with Gasteiger partial charge in [0.25, 0.3) is 0 Å². The average Bonchev–Trinajstić information content (AvgIpc) is 3.38. The summed E-state index contributed by atoms with van der Waals surface area (Å²) >= 11 is 9.10. The summed E-state index contributed by atoms with van der Waals surface area (Å²) in [6, 6.07) is 9.80. The second-order valence-corrected chi connectivity index (χ2v) is 8.78. The third kappa shape index (κ3) is 4.03. The second kappa shape index (κ2) is 8.46. The summed E-state index contributed by atoms with van der Waals surface area (Å²) in [6.07, 6.45) is 0.639. The largest absolute Gasteiger partial charge is 0.375 e. The Hall–Kier alpha value is -0.820. The van der Waals surface area contributed by atoms with Gasteiger partial charge >= 0.3 is 0 Å². The monoisotopic (exact) mass is 395 g/mol. The molecule has 1 fully saturated rings. The third-order valence-corrected chi connectivity index (χ3v) is 6.88. The van der Waals surface area contributed by atoms with Crippen LogP contribution in [0.5, 0.6) is 0 Å². The van der Waals surface area contributed by atoms with E-state index in [-0.39, 0.29) is 30.0 Å². The molecule has 1 N–H and O–H groups in total. The molecule has 4 nitrogen and oxygen atoms in total. The van der Waals surface area contributed by atoms with Crippen molar-refractivity contribution in [3.63, 3.8) is 0 Å². The van der Waals surface area contributed by atoms with E-state index in [2.05, 4.69) is 17.9 Å². The average molecular weight is 396 g/mol. The van der Waals surface area contributed by atoms with Crippen LogP contribution in [0, 0.1) is 17.3 Å². The molecule has 1 aliphatic carbocycles. The molecule has 0 amide bonds. The Morgan fingerprint density at radius 2 is 1.96 bits per heavy atom. The minimum absolute atomic E-state index is 0.0334. The van der Waals surface area contributed by atoms with Gasteiger partial charge in [0.2, 0.25) is 0 Å². The summed E-state index contributed by atoms with van der Waals surface area (Å²) in [5, 5.41) is 2.36. The first-order chi connectivity index (χ1) is 12.2. The van der Waals surface area contributed by atoms with Crippen molar-refractivity contribution >= 4 is 36.8 Å². The Labute approximate surface area is 167 Å². The fraction of sp³-hybridized carbons (Fsp3) is 0.600. The second-order valence-electron chi connectivity index (χ2n) is 7.47. The van der Waals surface area contributed by atoms with Gasteiger partial charge in [0.05, 0.1) is 18.0 Å². The molecule has 2 rings (SSSR count). The van der Waals surface area contributed by atoms with E-state index < -0.39 is 15.5 Å². The summed E-state index contributed by atoms with van der Waals surface area (Å²) in [4.78, 5) is 25.4. The van der Waals surface area contributed by atoms with Crippen LogP contribution in [0.15, 0.2) is 30.3 Å². The number of thiol groups is 2. The first-order valence-electron chi connectivity index (χ1n) is 8.95. The highest BCUT2D eigenvalue weighted by molar-refractivity contribution is 7.83. The highest BCUT2D eigenvalue weighted by Gasteiger charge is 2.69. The van der Waals surface area contributed by atoms with E-state index in [9.17, 15) is 9.59 Å². The van der Waals surface area contributed by atoms with Crippen LogP contribution >= 0.6 is 25.3 Å². The zero-order valence-corrected chi connectivity index (χ0v) is 17.6. The van der Waals surface area contributed by atoms with Crippen molar-refractivity contribution in [3.05, 3.63) is 35.9 Å². The van der Waals surface area contributed by atoms with Gasteiger partial charge in [-0.3, -0.25) is 9.59 Å². The van der Waals surface area contributed by atoms with E-state index in [1.807, 2.05) is 44.2 Å². The molecule has 0 aliphatic heterocycles. The molecule has 0 heterocycles. The number of rotatable bonds is 10. The van der Waals surface area contributed by atoms with E-state index in [0.717, 1.165) is 5.56 Å². The number of Topliss-reactive ketones (excluding diaryl/α,β-unsaturated/α-hetero) is 2. The van der Waals surface area contributed by atoms with Crippen LogP contribution in [0.4, 0.5) is 0 Å². The van der Waals surface area contributed by atoms with Crippen molar-refractivity contribution < 1.29 is 14.3 Å². The van der Waals surface area contributed by atoms with Gasteiger partial charge in [0, 0.05) is 5.41 Å². The number of hydrogen-bond acceptors (Lipinski definition) is 6. The predicted molar refractivity (Wildman–Crippen MR) is 111 cm³/mol. The smallest absolute Gasteiger partial charge is 0.166 e. The maximum atomic E-state index is 12.9. The number of likely N-dealkylation sites (N-methyl/N-ethyl adjacent to an activating group) is 1. The molecule has 6 heteroatoms. The SMILES string of the molecule is CNC(S)C(=O)[C@@]1(C(C)C)CC1[C@](S)(COCc1ccccc1)C(C)=O. The van der Waals surface area contributed by atoms with Gasteiger partial charge in [-0.25, -0.2) is 0 Å². The molecule has 0 saturated heterocycles. The van der Waals surface area contributed by atoms with Crippen LogP contribution in [0.2, 0.25) is 0 Å². The minimum Gasteiger partial charge on any atom is -0.375 e. The maximum absolute atomic E-state index is 12.9. The Morgan fingerprint density at radius 3 is 2.46 bits per heavy atom. The standard InChI is InChI=1S/C20H29NO3S2/c1-13(2)19(17(23)18(25)21-4)10-16(19)20(26,14(3)22)12-24-11-15-8-6-5-7-9-15/h5-9,13,16,18,21,25-26H,10-12H2,1-4H3/t16?,18?,19-,20+/m1/s1. The molecular formula is C20H29NO3S2. The highest BCUT2D eigenvalue weighted by Crippen LogP contribution is 2.65. The highest BCUT2D eigenvalue weighted by atomic mass is 32.1. The number of benzene rings is 1. The molecule has 1 saturated carbocycles. The molecule has 26 heavy (non-hydrogen) atoms. The molecule has 2 unspecified atom stereocenters. The van der Waals surface area contributed by atoms with E-state index in [4.69, 9.17) is 17.4 Å². The minimum atomic E-state index is -0.976. The van der Waals surface area contributed by atoms with Gasteiger partial charge < -0.3 is 10.1 Å². The molecule has 0 radical (unpaired) electrons. The van der Waals surface area contributed by atoms with Crippen LogP contribution in [0.1, 0.15) is 32.8 Å². The Morgan fingerprint density at radius 1 is 1.35 bits per heavy atom. The van der Waals surface area contributed by atoms with Crippen LogP contribution in [-0.4, -0.2) is 35.3 Å². The van der Waals surface area contributed by atoms with Gasteiger partial charge in [-0.05, 0) is 37.8 Å². The van der Waals surface area contributed by atoms with Gasteiger partial charge in [0.15, 0.2) is 5.78 Å².